The fourth-order valence-electron chi connectivity index (χ4n) is 2.55. The third kappa shape index (κ3) is 6.64. The first-order valence-electron chi connectivity index (χ1n) is 9.11. The number of hydrogen-bond donors (Lipinski definition) is 2. The summed E-state index contributed by atoms with van der Waals surface area (Å²) in [7, 11) is -2.22. The Morgan fingerprint density at radius 1 is 1.07 bits per heavy atom. The van der Waals surface area contributed by atoms with E-state index in [2.05, 4.69) is 15.4 Å². The third-order valence-corrected chi connectivity index (χ3v) is 5.82. The first-order valence-corrected chi connectivity index (χ1v) is 11.1. The summed E-state index contributed by atoms with van der Waals surface area (Å²) in [5, 5.41) is 5.45. The minimum absolute atomic E-state index is 0.0815. The molecule has 2 aromatic carbocycles. The van der Waals surface area contributed by atoms with Gasteiger partial charge in [-0.15, -0.1) is 0 Å². The first-order chi connectivity index (χ1) is 14.3. The second kappa shape index (κ2) is 10.8. The summed E-state index contributed by atoms with van der Waals surface area (Å²) in [6.07, 6.45) is -0.283. The number of nitrogens with one attached hydrogen (secondary N) is 2. The zero-order valence-electron chi connectivity index (χ0n) is 16.6. The molecule has 162 valence electrons. The average Bonchev–Trinajstić information content (AvgIpc) is 2.72. The number of rotatable bonds is 9. The number of methoxy groups -OCH3 is 1. The van der Waals surface area contributed by atoms with Crippen molar-refractivity contribution < 1.29 is 27.5 Å². The van der Waals surface area contributed by atoms with Gasteiger partial charge < -0.3 is 20.1 Å². The molecule has 0 aromatic heterocycles. The molecule has 0 spiro atoms. The minimum Gasteiger partial charge on any atom is -0.496 e. The lowest BCUT2D eigenvalue weighted by Crippen LogP contribution is -2.30. The summed E-state index contributed by atoms with van der Waals surface area (Å²) in [6, 6.07) is 11.0. The molecule has 0 bridgehead atoms. The molecule has 30 heavy (non-hydrogen) atoms. The quantitative estimate of drug-likeness (QED) is 0.602. The van der Waals surface area contributed by atoms with Gasteiger partial charge in [0.25, 0.3) is 5.91 Å². The third-order valence-electron chi connectivity index (χ3n) is 4.07. The lowest BCUT2D eigenvalue weighted by Gasteiger charge is -2.10. The van der Waals surface area contributed by atoms with Crippen molar-refractivity contribution in [3.05, 3.63) is 58.6 Å². The van der Waals surface area contributed by atoms with Crippen LogP contribution in [0.1, 0.15) is 22.8 Å². The van der Waals surface area contributed by atoms with Gasteiger partial charge in [0.05, 0.1) is 24.2 Å². The van der Waals surface area contributed by atoms with E-state index in [0.29, 0.717) is 29.3 Å². The fraction of sp³-hybridized carbons (Fsp3) is 0.300. The summed E-state index contributed by atoms with van der Waals surface area (Å²) in [4.78, 5) is 23.7. The number of ether oxygens (including phenoxy) is 2. The molecule has 0 aliphatic heterocycles. The molecule has 0 fully saturated rings. The van der Waals surface area contributed by atoms with Gasteiger partial charge in [-0.25, -0.2) is 13.2 Å². The van der Waals surface area contributed by atoms with E-state index < -0.39 is 21.8 Å². The molecule has 0 aliphatic carbocycles. The second-order valence-electron chi connectivity index (χ2n) is 6.15. The van der Waals surface area contributed by atoms with Gasteiger partial charge in [-0.2, -0.15) is 0 Å². The van der Waals surface area contributed by atoms with Gasteiger partial charge in [0.15, 0.2) is 9.84 Å². The molecular weight excluding hydrogens is 432 g/mol. The zero-order chi connectivity index (χ0) is 22.1. The number of sulfone groups is 1. The van der Waals surface area contributed by atoms with E-state index in [1.807, 2.05) is 0 Å². The van der Waals surface area contributed by atoms with Crippen LogP contribution in [0, 0.1) is 0 Å². The van der Waals surface area contributed by atoms with Crippen LogP contribution in [-0.4, -0.2) is 46.6 Å². The highest BCUT2D eigenvalue weighted by molar-refractivity contribution is 7.91. The van der Waals surface area contributed by atoms with Gasteiger partial charge in [0, 0.05) is 11.6 Å². The zero-order valence-corrected chi connectivity index (χ0v) is 18.2. The summed E-state index contributed by atoms with van der Waals surface area (Å²) >= 11 is 5.90. The summed E-state index contributed by atoms with van der Waals surface area (Å²) in [5.74, 6) is -0.469. The molecule has 2 N–H and O–H groups in total. The maximum absolute atomic E-state index is 12.3. The van der Waals surface area contributed by atoms with Crippen molar-refractivity contribution in [3.63, 3.8) is 0 Å². The highest BCUT2D eigenvalue weighted by Crippen LogP contribution is 2.23. The van der Waals surface area contributed by atoms with Crippen molar-refractivity contribution in [2.75, 3.05) is 26.1 Å². The van der Waals surface area contributed by atoms with Crippen molar-refractivity contribution in [3.8, 4) is 5.75 Å². The Kier molecular flexibility index (Phi) is 8.49. The topological polar surface area (TPSA) is 111 Å². The van der Waals surface area contributed by atoms with Crippen molar-refractivity contribution in [1.29, 1.82) is 0 Å². The maximum Gasteiger partial charge on any atom is 0.407 e. The van der Waals surface area contributed by atoms with Crippen LogP contribution in [0.4, 0.5) is 4.79 Å². The Bertz CT molecular complexity index is 993. The molecule has 0 saturated heterocycles. The van der Waals surface area contributed by atoms with Gasteiger partial charge in [-0.3, -0.25) is 4.79 Å². The molecule has 0 saturated carbocycles. The number of benzene rings is 2. The van der Waals surface area contributed by atoms with E-state index in [1.54, 1.807) is 37.3 Å². The summed E-state index contributed by atoms with van der Waals surface area (Å²) < 4.78 is 34.3. The molecule has 8 nitrogen and oxygen atoms in total. The smallest absolute Gasteiger partial charge is 0.407 e. The van der Waals surface area contributed by atoms with E-state index in [0.717, 1.165) is 5.56 Å². The Labute approximate surface area is 180 Å². The number of carbonyl (C=O) groups excluding carboxylic acids is 2. The van der Waals surface area contributed by atoms with E-state index >= 15 is 0 Å². The summed E-state index contributed by atoms with van der Waals surface area (Å²) in [6.45, 7) is 2.13. The number of halogens is 1. The van der Waals surface area contributed by atoms with Crippen LogP contribution in [-0.2, 0) is 21.0 Å². The Morgan fingerprint density at radius 3 is 2.40 bits per heavy atom. The SMILES string of the molecule is CCOC(=O)NCS(=O)(=O)c1ccc(CCNC(=O)c2ccc(Cl)cc2OC)cc1. The van der Waals surface area contributed by atoms with Crippen LogP contribution in [0.5, 0.6) is 5.75 Å². The van der Waals surface area contributed by atoms with Gasteiger partial charge in [0.2, 0.25) is 0 Å². The van der Waals surface area contributed by atoms with Crippen LogP contribution < -0.4 is 15.4 Å². The van der Waals surface area contributed by atoms with Crippen LogP contribution in [0.25, 0.3) is 0 Å². The fourth-order valence-corrected chi connectivity index (χ4v) is 3.74. The number of carbonyl (C=O) groups is 2. The number of hydrogen-bond acceptors (Lipinski definition) is 6. The second-order valence-corrected chi connectivity index (χ2v) is 8.58. The van der Waals surface area contributed by atoms with Gasteiger partial charge in [-0.1, -0.05) is 23.7 Å². The highest BCUT2D eigenvalue weighted by Gasteiger charge is 2.16. The van der Waals surface area contributed by atoms with Crippen molar-refractivity contribution in [1.82, 2.24) is 10.6 Å². The lowest BCUT2D eigenvalue weighted by atomic mass is 10.1. The van der Waals surface area contributed by atoms with Crippen molar-refractivity contribution in [2.24, 2.45) is 0 Å². The van der Waals surface area contributed by atoms with E-state index in [9.17, 15) is 18.0 Å². The highest BCUT2D eigenvalue weighted by atomic mass is 35.5. The van der Waals surface area contributed by atoms with Crippen LogP contribution in [0.3, 0.4) is 0 Å². The molecule has 0 unspecified atom stereocenters. The van der Waals surface area contributed by atoms with Gasteiger partial charge >= 0.3 is 6.09 Å². The lowest BCUT2D eigenvalue weighted by molar-refractivity contribution is 0.0951. The molecule has 10 heteroatoms. The Hall–Kier alpha value is -2.78. The molecule has 0 aliphatic rings. The molecular formula is C20H23ClN2O6S. The standard InChI is InChI=1S/C20H23ClN2O6S/c1-3-29-20(25)23-13-30(26,27)16-7-4-14(5-8-16)10-11-22-19(24)17-9-6-15(21)12-18(17)28-2/h4-9,12H,3,10-11,13H2,1-2H3,(H,22,24)(H,23,25). The average molecular weight is 455 g/mol. The van der Waals surface area contributed by atoms with Crippen molar-refractivity contribution >= 4 is 33.4 Å². The molecule has 0 radical (unpaired) electrons. The first kappa shape index (κ1) is 23.5. The monoisotopic (exact) mass is 454 g/mol. The maximum atomic E-state index is 12.3. The van der Waals surface area contributed by atoms with Gasteiger partial charge in [-0.05, 0) is 49.2 Å². The van der Waals surface area contributed by atoms with E-state index in [1.165, 1.54) is 19.2 Å². The normalized spacial score (nSPS) is 10.9. The van der Waals surface area contributed by atoms with E-state index in [-0.39, 0.29) is 17.4 Å². The minimum atomic E-state index is -3.68. The van der Waals surface area contributed by atoms with Crippen LogP contribution in [0.2, 0.25) is 5.02 Å². The molecule has 2 rings (SSSR count). The number of amides is 2. The van der Waals surface area contributed by atoms with Crippen LogP contribution >= 0.6 is 11.6 Å². The largest absolute Gasteiger partial charge is 0.496 e. The molecule has 0 atom stereocenters. The Balaban J connectivity index is 1.90. The molecule has 2 amide bonds. The summed E-state index contributed by atoms with van der Waals surface area (Å²) in [5.41, 5.74) is 1.22. The van der Waals surface area contributed by atoms with Crippen molar-refractivity contribution in [2.45, 2.75) is 18.2 Å². The Morgan fingerprint density at radius 2 is 1.77 bits per heavy atom. The van der Waals surface area contributed by atoms with E-state index in [4.69, 9.17) is 16.3 Å². The number of alkyl carbamates (subject to hydrolysis) is 1. The predicted molar refractivity (Wildman–Crippen MR) is 113 cm³/mol. The predicted octanol–water partition coefficient (Wildman–Crippen LogP) is 2.80. The molecule has 0 heterocycles. The molecule has 2 aromatic rings. The van der Waals surface area contributed by atoms with Crippen LogP contribution in [0.15, 0.2) is 47.4 Å². The van der Waals surface area contributed by atoms with Gasteiger partial charge in [0.1, 0.15) is 11.6 Å².